The zero-order valence-electron chi connectivity index (χ0n) is 16.2. The molecule has 2 N–H and O–H groups in total. The Morgan fingerprint density at radius 1 is 1.00 bits per heavy atom. The predicted octanol–water partition coefficient (Wildman–Crippen LogP) is 3.85. The lowest BCUT2D eigenvalue weighted by Crippen LogP contribution is -2.37. The maximum Gasteiger partial charge on any atom is 0.191 e. The van der Waals surface area contributed by atoms with Crippen molar-refractivity contribution in [2.75, 3.05) is 13.6 Å². The fraction of sp³-hybridized carbons (Fsp3) is 0.273. The van der Waals surface area contributed by atoms with Crippen molar-refractivity contribution in [3.63, 3.8) is 0 Å². The van der Waals surface area contributed by atoms with Crippen molar-refractivity contribution in [2.24, 2.45) is 4.99 Å². The molecule has 0 radical (unpaired) electrons. The van der Waals surface area contributed by atoms with Gasteiger partial charge in [0.1, 0.15) is 0 Å². The number of aryl methyl sites for hydroxylation is 1. The Bertz CT molecular complexity index is 831. The number of rotatable bonds is 8. The third-order valence-electron chi connectivity index (χ3n) is 4.38. The van der Waals surface area contributed by atoms with Crippen LogP contribution in [0.25, 0.3) is 0 Å². The Balaban J connectivity index is 0.00000280. The van der Waals surface area contributed by atoms with Gasteiger partial charge in [-0.25, -0.2) is 4.98 Å². The SMILES string of the molecule is CN=C(NCCCc1ccccc1)NCc1cccc(Cn2ccnc2)c1.I. The van der Waals surface area contributed by atoms with Gasteiger partial charge in [-0.1, -0.05) is 54.6 Å². The third kappa shape index (κ3) is 7.34. The Morgan fingerprint density at radius 2 is 1.79 bits per heavy atom. The number of guanidine groups is 1. The minimum atomic E-state index is 0. The predicted molar refractivity (Wildman–Crippen MR) is 126 cm³/mol. The molecule has 0 bridgehead atoms. The van der Waals surface area contributed by atoms with Crippen LogP contribution >= 0.6 is 24.0 Å². The van der Waals surface area contributed by atoms with Crippen LogP contribution in [-0.2, 0) is 19.5 Å². The summed E-state index contributed by atoms with van der Waals surface area (Å²) < 4.78 is 2.07. The van der Waals surface area contributed by atoms with Gasteiger partial charge < -0.3 is 15.2 Å². The van der Waals surface area contributed by atoms with Crippen LogP contribution < -0.4 is 10.6 Å². The summed E-state index contributed by atoms with van der Waals surface area (Å²) in [6.45, 7) is 2.48. The monoisotopic (exact) mass is 489 g/mol. The van der Waals surface area contributed by atoms with Gasteiger partial charge in [0.25, 0.3) is 0 Å². The van der Waals surface area contributed by atoms with Gasteiger partial charge in [0.2, 0.25) is 0 Å². The van der Waals surface area contributed by atoms with Crippen LogP contribution in [0.1, 0.15) is 23.1 Å². The molecule has 0 spiro atoms. The summed E-state index contributed by atoms with van der Waals surface area (Å²) in [7, 11) is 1.81. The summed E-state index contributed by atoms with van der Waals surface area (Å²) >= 11 is 0. The van der Waals surface area contributed by atoms with Crippen LogP contribution in [0.3, 0.4) is 0 Å². The van der Waals surface area contributed by atoms with Crippen molar-refractivity contribution >= 4 is 29.9 Å². The number of benzene rings is 2. The smallest absolute Gasteiger partial charge is 0.191 e. The molecule has 3 aromatic rings. The number of hydrogen-bond donors (Lipinski definition) is 2. The second kappa shape index (κ2) is 12.2. The zero-order valence-corrected chi connectivity index (χ0v) is 18.5. The standard InChI is InChI=1S/C22H27N5.HI/c1-23-22(25-12-6-11-19-7-3-2-4-8-19)26-16-20-9-5-10-21(15-20)17-27-14-13-24-18-27;/h2-5,7-10,13-15,18H,6,11-12,16-17H2,1H3,(H2,23,25,26);1H. The number of aliphatic imine (C=N–C) groups is 1. The molecule has 28 heavy (non-hydrogen) atoms. The average Bonchev–Trinajstić information content (AvgIpc) is 3.21. The van der Waals surface area contributed by atoms with Gasteiger partial charge in [0, 0.05) is 39.1 Å². The maximum absolute atomic E-state index is 4.31. The molecule has 148 valence electrons. The highest BCUT2D eigenvalue weighted by molar-refractivity contribution is 14.0. The van der Waals surface area contributed by atoms with Crippen LogP contribution in [0.15, 0.2) is 78.3 Å². The van der Waals surface area contributed by atoms with E-state index in [-0.39, 0.29) is 24.0 Å². The quantitative estimate of drug-likeness (QED) is 0.219. The van der Waals surface area contributed by atoms with Crippen LogP contribution in [0.5, 0.6) is 0 Å². The Labute approximate surface area is 184 Å². The summed E-state index contributed by atoms with van der Waals surface area (Å²) in [6.07, 6.45) is 7.77. The van der Waals surface area contributed by atoms with E-state index >= 15 is 0 Å². The van der Waals surface area contributed by atoms with E-state index in [0.717, 1.165) is 38.4 Å². The average molecular weight is 489 g/mol. The van der Waals surface area contributed by atoms with E-state index in [4.69, 9.17) is 0 Å². The van der Waals surface area contributed by atoms with E-state index in [1.165, 1.54) is 16.7 Å². The van der Waals surface area contributed by atoms with E-state index in [1.54, 1.807) is 6.20 Å². The fourth-order valence-electron chi connectivity index (χ4n) is 2.98. The first-order chi connectivity index (χ1) is 13.3. The number of nitrogens with one attached hydrogen (secondary N) is 2. The van der Waals surface area contributed by atoms with Crippen molar-refractivity contribution < 1.29 is 0 Å². The minimum Gasteiger partial charge on any atom is -0.356 e. The lowest BCUT2D eigenvalue weighted by molar-refractivity contribution is 0.741. The Morgan fingerprint density at radius 3 is 2.54 bits per heavy atom. The molecule has 1 aromatic heterocycles. The molecule has 0 aliphatic carbocycles. The first-order valence-corrected chi connectivity index (χ1v) is 9.35. The van der Waals surface area contributed by atoms with Crippen LogP contribution in [0.4, 0.5) is 0 Å². The molecule has 3 rings (SSSR count). The molecule has 0 aliphatic rings. The zero-order chi connectivity index (χ0) is 18.7. The Hall–Kier alpha value is -2.35. The molecule has 0 atom stereocenters. The number of nitrogens with zero attached hydrogens (tertiary/aromatic N) is 3. The Kier molecular flexibility index (Phi) is 9.54. The lowest BCUT2D eigenvalue weighted by Gasteiger charge is -2.13. The molecule has 1 heterocycles. The third-order valence-corrected chi connectivity index (χ3v) is 4.38. The van der Waals surface area contributed by atoms with Gasteiger partial charge in [-0.05, 0) is 29.5 Å². The summed E-state index contributed by atoms with van der Waals surface area (Å²) in [5.41, 5.74) is 3.87. The lowest BCUT2D eigenvalue weighted by atomic mass is 10.1. The molecule has 0 unspecified atom stereocenters. The van der Waals surface area contributed by atoms with Gasteiger partial charge >= 0.3 is 0 Å². The van der Waals surface area contributed by atoms with E-state index in [1.807, 2.05) is 19.6 Å². The summed E-state index contributed by atoms with van der Waals surface area (Å²) in [5.74, 6) is 0.836. The largest absolute Gasteiger partial charge is 0.356 e. The summed E-state index contributed by atoms with van der Waals surface area (Å²) in [5, 5.41) is 6.78. The highest BCUT2D eigenvalue weighted by Gasteiger charge is 2.01. The second-order valence-electron chi connectivity index (χ2n) is 6.50. The fourth-order valence-corrected chi connectivity index (χ4v) is 2.98. The molecule has 0 aliphatic heterocycles. The van der Waals surface area contributed by atoms with Gasteiger partial charge in [0.15, 0.2) is 5.96 Å². The van der Waals surface area contributed by atoms with Gasteiger partial charge in [-0.2, -0.15) is 0 Å². The number of halogens is 1. The number of imidazole rings is 1. The van der Waals surface area contributed by atoms with E-state index in [9.17, 15) is 0 Å². The van der Waals surface area contributed by atoms with Crippen LogP contribution in [0, 0.1) is 0 Å². The van der Waals surface area contributed by atoms with E-state index in [2.05, 4.69) is 79.8 Å². The van der Waals surface area contributed by atoms with E-state index in [0.29, 0.717) is 0 Å². The van der Waals surface area contributed by atoms with Gasteiger partial charge in [0.05, 0.1) is 6.33 Å². The topological polar surface area (TPSA) is 54.2 Å². The number of aromatic nitrogens is 2. The molecule has 0 saturated carbocycles. The first kappa shape index (κ1) is 21.9. The highest BCUT2D eigenvalue weighted by atomic mass is 127. The van der Waals surface area contributed by atoms with Crippen LogP contribution in [0.2, 0.25) is 0 Å². The van der Waals surface area contributed by atoms with Crippen molar-refractivity contribution in [2.45, 2.75) is 25.9 Å². The summed E-state index contributed by atoms with van der Waals surface area (Å²) in [6, 6.07) is 19.2. The molecular formula is C22H28IN5. The van der Waals surface area contributed by atoms with E-state index < -0.39 is 0 Å². The maximum atomic E-state index is 4.31. The summed E-state index contributed by atoms with van der Waals surface area (Å²) in [4.78, 5) is 8.41. The second-order valence-corrected chi connectivity index (χ2v) is 6.50. The van der Waals surface area contributed by atoms with Gasteiger partial charge in [-0.15, -0.1) is 24.0 Å². The van der Waals surface area contributed by atoms with Crippen molar-refractivity contribution in [3.05, 3.63) is 90.0 Å². The molecule has 5 nitrogen and oxygen atoms in total. The normalized spacial score (nSPS) is 11.0. The first-order valence-electron chi connectivity index (χ1n) is 9.35. The molecule has 0 saturated heterocycles. The van der Waals surface area contributed by atoms with Gasteiger partial charge in [-0.3, -0.25) is 4.99 Å². The van der Waals surface area contributed by atoms with Crippen LogP contribution in [-0.4, -0.2) is 29.1 Å². The molecular weight excluding hydrogens is 461 g/mol. The molecule has 0 amide bonds. The number of hydrogen-bond acceptors (Lipinski definition) is 2. The minimum absolute atomic E-state index is 0. The van der Waals surface area contributed by atoms with Crippen molar-refractivity contribution in [1.82, 2.24) is 20.2 Å². The van der Waals surface area contributed by atoms with Crippen molar-refractivity contribution in [3.8, 4) is 0 Å². The highest BCUT2D eigenvalue weighted by Crippen LogP contribution is 2.07. The molecule has 6 heteroatoms. The van der Waals surface area contributed by atoms with Crippen molar-refractivity contribution in [1.29, 1.82) is 0 Å². The molecule has 0 fully saturated rings. The molecule has 2 aromatic carbocycles.